The maximum Gasteiger partial charge on any atom is 0.339 e. The van der Waals surface area contributed by atoms with Crippen molar-refractivity contribution in [1.29, 1.82) is 0 Å². The van der Waals surface area contributed by atoms with E-state index in [0.717, 1.165) is 0 Å². The Morgan fingerprint density at radius 2 is 2.21 bits per heavy atom. The number of hydrogen-bond acceptors (Lipinski definition) is 3. The fraction of sp³-hybridized carbons (Fsp3) is 0.154. The predicted molar refractivity (Wildman–Crippen MR) is 71.8 cm³/mol. The maximum atomic E-state index is 12.9. The molecule has 0 saturated carbocycles. The van der Waals surface area contributed by atoms with E-state index in [0.29, 0.717) is 28.2 Å². The number of rotatable bonds is 4. The summed E-state index contributed by atoms with van der Waals surface area (Å²) < 4.78 is 18.8. The van der Waals surface area contributed by atoms with Gasteiger partial charge in [0.15, 0.2) is 0 Å². The smallest absolute Gasteiger partial charge is 0.339 e. The van der Waals surface area contributed by atoms with Gasteiger partial charge in [0.25, 0.3) is 0 Å². The molecular formula is C13H11BrFNO3. The first-order chi connectivity index (χ1) is 8.97. The fourth-order valence-electron chi connectivity index (χ4n) is 1.66. The number of carbonyl (C=O) groups is 1. The molecule has 1 aromatic heterocycles. The van der Waals surface area contributed by atoms with Gasteiger partial charge in [-0.1, -0.05) is 0 Å². The molecule has 0 radical (unpaired) electrons. The van der Waals surface area contributed by atoms with Crippen LogP contribution < -0.4 is 5.32 Å². The van der Waals surface area contributed by atoms with Gasteiger partial charge >= 0.3 is 5.97 Å². The van der Waals surface area contributed by atoms with Crippen LogP contribution in [0.3, 0.4) is 0 Å². The number of benzene rings is 1. The van der Waals surface area contributed by atoms with E-state index >= 15 is 0 Å². The van der Waals surface area contributed by atoms with Crippen molar-refractivity contribution in [2.75, 3.05) is 5.32 Å². The van der Waals surface area contributed by atoms with Crippen LogP contribution in [0.2, 0.25) is 0 Å². The molecule has 6 heteroatoms. The summed E-state index contributed by atoms with van der Waals surface area (Å²) >= 11 is 3.24. The Balaban J connectivity index is 2.10. The number of aryl methyl sites for hydroxylation is 1. The van der Waals surface area contributed by atoms with E-state index in [1.54, 1.807) is 13.0 Å². The lowest BCUT2D eigenvalue weighted by atomic mass is 10.2. The monoisotopic (exact) mass is 327 g/mol. The van der Waals surface area contributed by atoms with Crippen molar-refractivity contribution in [2.45, 2.75) is 13.5 Å². The van der Waals surface area contributed by atoms with E-state index in [4.69, 9.17) is 9.52 Å². The van der Waals surface area contributed by atoms with Crippen LogP contribution in [0.15, 0.2) is 33.2 Å². The second-order valence-corrected chi connectivity index (χ2v) is 4.82. The van der Waals surface area contributed by atoms with Gasteiger partial charge in [-0.05, 0) is 47.1 Å². The van der Waals surface area contributed by atoms with Gasteiger partial charge < -0.3 is 14.8 Å². The van der Waals surface area contributed by atoms with E-state index in [1.807, 2.05) is 0 Å². The second-order valence-electron chi connectivity index (χ2n) is 3.97. The molecule has 2 N–H and O–H groups in total. The van der Waals surface area contributed by atoms with Crippen molar-refractivity contribution in [2.24, 2.45) is 0 Å². The summed E-state index contributed by atoms with van der Waals surface area (Å²) in [5.74, 6) is -0.483. The average Bonchev–Trinajstić information content (AvgIpc) is 2.69. The van der Waals surface area contributed by atoms with Crippen LogP contribution in [0.5, 0.6) is 0 Å². The lowest BCUT2D eigenvalue weighted by molar-refractivity contribution is 0.0695. The van der Waals surface area contributed by atoms with Crippen LogP contribution in [0.25, 0.3) is 0 Å². The Hall–Kier alpha value is -1.82. The minimum absolute atomic E-state index is 0.148. The zero-order chi connectivity index (χ0) is 14.0. The number of aromatic carboxylic acids is 1. The van der Waals surface area contributed by atoms with Crippen molar-refractivity contribution < 1.29 is 18.7 Å². The topological polar surface area (TPSA) is 62.5 Å². The normalized spacial score (nSPS) is 10.5. The van der Waals surface area contributed by atoms with Crippen molar-refractivity contribution >= 4 is 27.6 Å². The van der Waals surface area contributed by atoms with Gasteiger partial charge in [0.2, 0.25) is 0 Å². The summed E-state index contributed by atoms with van der Waals surface area (Å²) in [5.41, 5.74) is 0.849. The quantitative estimate of drug-likeness (QED) is 0.896. The van der Waals surface area contributed by atoms with Crippen molar-refractivity contribution in [3.8, 4) is 0 Å². The summed E-state index contributed by atoms with van der Waals surface area (Å²) in [5, 5.41) is 11.9. The molecule has 100 valence electrons. The molecule has 0 saturated heterocycles. The number of anilines is 1. The maximum absolute atomic E-state index is 12.9. The van der Waals surface area contributed by atoms with E-state index in [-0.39, 0.29) is 11.4 Å². The molecular weight excluding hydrogens is 317 g/mol. The van der Waals surface area contributed by atoms with Crippen LogP contribution >= 0.6 is 15.9 Å². The summed E-state index contributed by atoms with van der Waals surface area (Å²) in [7, 11) is 0. The summed E-state index contributed by atoms with van der Waals surface area (Å²) in [4.78, 5) is 10.9. The van der Waals surface area contributed by atoms with Crippen LogP contribution in [0.1, 0.15) is 21.9 Å². The first kappa shape index (κ1) is 13.6. The third-order valence-corrected chi connectivity index (χ3v) is 3.24. The number of carboxylic acid groups (broad SMARTS) is 1. The van der Waals surface area contributed by atoms with Crippen LogP contribution in [-0.4, -0.2) is 11.1 Å². The minimum atomic E-state index is -1.02. The zero-order valence-electron chi connectivity index (χ0n) is 10.0. The first-order valence-corrected chi connectivity index (χ1v) is 6.28. The van der Waals surface area contributed by atoms with Gasteiger partial charge in [0, 0.05) is 10.2 Å². The van der Waals surface area contributed by atoms with Crippen molar-refractivity contribution in [3.05, 3.63) is 51.6 Å². The van der Waals surface area contributed by atoms with Crippen LogP contribution in [0.4, 0.5) is 10.1 Å². The van der Waals surface area contributed by atoms with E-state index in [2.05, 4.69) is 21.2 Å². The van der Waals surface area contributed by atoms with Gasteiger partial charge in [-0.15, -0.1) is 0 Å². The molecule has 0 bridgehead atoms. The predicted octanol–water partition coefficient (Wildman–Crippen LogP) is 3.80. The molecule has 1 aromatic carbocycles. The Morgan fingerprint density at radius 3 is 2.79 bits per heavy atom. The number of carboxylic acids is 1. The molecule has 2 rings (SSSR count). The van der Waals surface area contributed by atoms with Crippen LogP contribution in [-0.2, 0) is 6.54 Å². The number of furan rings is 1. The summed E-state index contributed by atoms with van der Waals surface area (Å²) in [6.07, 6.45) is 0. The molecule has 0 atom stereocenters. The molecule has 4 nitrogen and oxygen atoms in total. The molecule has 0 aliphatic heterocycles. The SMILES string of the molecule is Cc1oc(CNc2ccc(F)cc2Br)cc1C(=O)O. The zero-order valence-corrected chi connectivity index (χ0v) is 11.6. The fourth-order valence-corrected chi connectivity index (χ4v) is 2.15. The molecule has 1 heterocycles. The van der Waals surface area contributed by atoms with Crippen molar-refractivity contribution in [3.63, 3.8) is 0 Å². The molecule has 0 fully saturated rings. The lowest BCUT2D eigenvalue weighted by Gasteiger charge is -2.06. The number of nitrogens with one attached hydrogen (secondary N) is 1. The van der Waals surface area contributed by atoms with E-state index in [9.17, 15) is 9.18 Å². The Bertz CT molecular complexity index is 624. The number of hydrogen-bond donors (Lipinski definition) is 2. The summed E-state index contributed by atoms with van der Waals surface area (Å²) in [6, 6.07) is 5.75. The molecule has 0 unspecified atom stereocenters. The molecule has 2 aromatic rings. The van der Waals surface area contributed by atoms with Crippen LogP contribution in [0, 0.1) is 12.7 Å². The lowest BCUT2D eigenvalue weighted by Crippen LogP contribution is -1.99. The highest BCUT2D eigenvalue weighted by Gasteiger charge is 2.13. The van der Waals surface area contributed by atoms with Gasteiger partial charge in [0.05, 0.1) is 6.54 Å². The summed E-state index contributed by atoms with van der Waals surface area (Å²) in [6.45, 7) is 1.92. The molecule has 19 heavy (non-hydrogen) atoms. The largest absolute Gasteiger partial charge is 0.478 e. The first-order valence-electron chi connectivity index (χ1n) is 5.49. The molecule has 0 aliphatic rings. The third kappa shape index (κ3) is 3.14. The van der Waals surface area contributed by atoms with E-state index in [1.165, 1.54) is 18.2 Å². The highest BCUT2D eigenvalue weighted by atomic mass is 79.9. The molecule has 0 amide bonds. The Morgan fingerprint density at radius 1 is 1.47 bits per heavy atom. The Labute approximate surface area is 117 Å². The van der Waals surface area contributed by atoms with Gasteiger partial charge in [-0.2, -0.15) is 0 Å². The molecule has 0 spiro atoms. The second kappa shape index (κ2) is 5.44. The Kier molecular flexibility index (Phi) is 3.90. The van der Waals surface area contributed by atoms with Crippen molar-refractivity contribution in [1.82, 2.24) is 0 Å². The minimum Gasteiger partial charge on any atom is -0.478 e. The third-order valence-electron chi connectivity index (χ3n) is 2.58. The molecule has 0 aliphatic carbocycles. The average molecular weight is 328 g/mol. The standard InChI is InChI=1S/C13H11BrFNO3/c1-7-10(13(17)18)5-9(19-7)6-16-12-3-2-8(15)4-11(12)14/h2-5,16H,6H2,1H3,(H,17,18). The highest BCUT2D eigenvalue weighted by molar-refractivity contribution is 9.10. The number of halogens is 2. The van der Waals surface area contributed by atoms with E-state index < -0.39 is 5.97 Å². The highest BCUT2D eigenvalue weighted by Crippen LogP contribution is 2.24. The van der Waals surface area contributed by atoms with Gasteiger partial charge in [-0.3, -0.25) is 0 Å². The van der Waals surface area contributed by atoms with Gasteiger partial charge in [-0.25, -0.2) is 9.18 Å². The van der Waals surface area contributed by atoms with Gasteiger partial charge in [0.1, 0.15) is 22.9 Å².